The molecule has 3 N–H and O–H groups in total. The van der Waals surface area contributed by atoms with Gasteiger partial charge >= 0.3 is 0 Å². The Morgan fingerprint density at radius 3 is 2.62 bits per heavy atom. The quantitative estimate of drug-likeness (QED) is 0.440. The summed E-state index contributed by atoms with van der Waals surface area (Å²) in [4.78, 5) is 23.8. The number of benzene rings is 1. The van der Waals surface area contributed by atoms with Crippen LogP contribution in [0.15, 0.2) is 40.3 Å². The van der Waals surface area contributed by atoms with Gasteiger partial charge in [0.2, 0.25) is 5.95 Å². The molecule has 10 heteroatoms. The van der Waals surface area contributed by atoms with Crippen LogP contribution in [0.5, 0.6) is 0 Å². The molecule has 32 heavy (non-hydrogen) atoms. The largest absolute Gasteiger partial charge is 0.393 e. The number of carbonyl (C=O) groups is 1. The third kappa shape index (κ3) is 5.59. The lowest BCUT2D eigenvalue weighted by Gasteiger charge is -2.30. The number of anilines is 3. The molecule has 0 aliphatic carbocycles. The maximum absolute atomic E-state index is 11.4. The number of H-pyrrole nitrogens is 1. The fourth-order valence-corrected chi connectivity index (χ4v) is 4.51. The molecule has 0 radical (unpaired) electrons. The lowest BCUT2D eigenvalue weighted by atomic mass is 10.1. The minimum Gasteiger partial charge on any atom is -0.393 e. The van der Waals surface area contributed by atoms with Gasteiger partial charge < -0.3 is 15.3 Å². The zero-order chi connectivity index (χ0) is 22.7. The molecular weight excluding hydrogens is 448 g/mol. The number of aromatic amines is 1. The molecule has 8 nitrogen and oxygen atoms in total. The van der Waals surface area contributed by atoms with Crippen LogP contribution >= 0.6 is 23.4 Å². The van der Waals surface area contributed by atoms with Gasteiger partial charge in [0.05, 0.1) is 6.10 Å². The van der Waals surface area contributed by atoms with Gasteiger partial charge in [0.25, 0.3) is 0 Å². The van der Waals surface area contributed by atoms with Crippen molar-refractivity contribution in [3.63, 3.8) is 0 Å². The van der Waals surface area contributed by atoms with Crippen LogP contribution in [0.3, 0.4) is 0 Å². The highest BCUT2D eigenvalue weighted by molar-refractivity contribution is 7.99. The van der Waals surface area contributed by atoms with Crippen molar-refractivity contribution in [2.24, 2.45) is 0 Å². The van der Waals surface area contributed by atoms with Gasteiger partial charge in [0.15, 0.2) is 11.6 Å². The van der Waals surface area contributed by atoms with E-state index in [1.165, 1.54) is 11.8 Å². The van der Waals surface area contributed by atoms with Crippen molar-refractivity contribution < 1.29 is 9.90 Å². The van der Waals surface area contributed by atoms with Gasteiger partial charge in [-0.15, -0.1) is 0 Å². The number of halogens is 1. The van der Waals surface area contributed by atoms with E-state index in [4.69, 9.17) is 16.6 Å². The van der Waals surface area contributed by atoms with E-state index >= 15 is 0 Å². The molecule has 1 aliphatic rings. The molecule has 1 aliphatic heterocycles. The number of piperidine rings is 1. The topological polar surface area (TPSA) is 107 Å². The van der Waals surface area contributed by atoms with Crippen LogP contribution in [-0.4, -0.2) is 50.2 Å². The summed E-state index contributed by atoms with van der Waals surface area (Å²) >= 11 is 8.14. The molecular formula is C22H25ClN6O2S. The number of aliphatic hydroxyl groups is 1. The lowest BCUT2D eigenvalue weighted by molar-refractivity contribution is -0.116. The zero-order valence-electron chi connectivity index (χ0n) is 17.9. The Morgan fingerprint density at radius 2 is 2.00 bits per heavy atom. The highest BCUT2D eigenvalue weighted by Gasteiger charge is 2.23. The third-order valence-electron chi connectivity index (χ3n) is 5.10. The average molecular weight is 473 g/mol. The Bertz CT molecular complexity index is 1100. The first-order valence-corrected chi connectivity index (χ1v) is 11.6. The van der Waals surface area contributed by atoms with Gasteiger partial charge in [0, 0.05) is 36.2 Å². The predicted octanol–water partition coefficient (Wildman–Crippen LogP) is 4.15. The van der Waals surface area contributed by atoms with Gasteiger partial charge in [-0.05, 0) is 44.4 Å². The van der Waals surface area contributed by atoms with Gasteiger partial charge in [-0.1, -0.05) is 35.5 Å². The molecule has 1 fully saturated rings. The van der Waals surface area contributed by atoms with Crippen LogP contribution in [0.2, 0.25) is 5.02 Å². The molecule has 3 aromatic rings. The fourth-order valence-electron chi connectivity index (χ4n) is 3.45. The van der Waals surface area contributed by atoms with E-state index in [-0.39, 0.29) is 11.9 Å². The van der Waals surface area contributed by atoms with Crippen molar-refractivity contribution in [3.8, 4) is 0 Å². The number of Topliss-reactive ketones (excluding diaryl/α,β-unsaturated/α-hetero) is 1. The van der Waals surface area contributed by atoms with Crippen molar-refractivity contribution >= 4 is 46.7 Å². The first-order valence-electron chi connectivity index (χ1n) is 10.4. The zero-order valence-corrected chi connectivity index (χ0v) is 19.5. The normalized spacial score (nSPS) is 14.6. The molecule has 0 bridgehead atoms. The molecule has 168 valence electrons. The minimum absolute atomic E-state index is 0.129. The SMILES string of the molecule is CC(=O)Cc1ccc(Sc2nc(N3CCC(O)CC3)nc(Nc3cc(C)[nH]n3)c2Cl)cc1. The van der Waals surface area contributed by atoms with Crippen LogP contribution in [0.25, 0.3) is 0 Å². The second kappa shape index (κ2) is 9.89. The van der Waals surface area contributed by atoms with Crippen molar-refractivity contribution in [2.75, 3.05) is 23.3 Å². The number of nitrogens with one attached hydrogen (secondary N) is 2. The van der Waals surface area contributed by atoms with Gasteiger partial charge in [-0.25, -0.2) is 4.98 Å². The summed E-state index contributed by atoms with van der Waals surface area (Å²) in [6.07, 6.45) is 1.48. The standard InChI is InChI=1S/C22H25ClN6O2S/c1-13-11-18(28-27-13)24-20-19(23)21(26-22(25-20)29-9-7-16(31)8-10-29)32-17-5-3-15(4-6-17)12-14(2)30/h3-6,11,16,31H,7-10,12H2,1-2H3,(H2,24,25,26,27,28). The summed E-state index contributed by atoms with van der Waals surface area (Å²) in [7, 11) is 0. The molecule has 0 atom stereocenters. The molecule has 0 unspecified atom stereocenters. The number of nitrogens with zero attached hydrogens (tertiary/aromatic N) is 4. The van der Waals surface area contributed by atoms with E-state index in [1.54, 1.807) is 6.92 Å². The summed E-state index contributed by atoms with van der Waals surface area (Å²) in [5.41, 5.74) is 1.89. The summed E-state index contributed by atoms with van der Waals surface area (Å²) in [6.45, 7) is 4.85. The van der Waals surface area contributed by atoms with Crippen LogP contribution in [0.4, 0.5) is 17.6 Å². The summed E-state index contributed by atoms with van der Waals surface area (Å²) in [6, 6.07) is 9.68. The smallest absolute Gasteiger partial charge is 0.228 e. The second-order valence-electron chi connectivity index (χ2n) is 7.90. The van der Waals surface area contributed by atoms with Crippen LogP contribution in [0.1, 0.15) is 31.0 Å². The molecule has 4 rings (SSSR count). The van der Waals surface area contributed by atoms with Crippen molar-refractivity contribution in [2.45, 2.75) is 49.1 Å². The highest BCUT2D eigenvalue weighted by atomic mass is 35.5. The van der Waals surface area contributed by atoms with Gasteiger partial charge in [0.1, 0.15) is 15.8 Å². The van der Waals surface area contributed by atoms with Crippen molar-refractivity contribution in [1.82, 2.24) is 20.2 Å². The number of hydrogen-bond acceptors (Lipinski definition) is 8. The molecule has 0 amide bonds. The number of hydrogen-bond donors (Lipinski definition) is 3. The van der Waals surface area contributed by atoms with Gasteiger partial charge in [-0.3, -0.25) is 9.89 Å². The van der Waals surface area contributed by atoms with Crippen LogP contribution in [0, 0.1) is 6.92 Å². The molecule has 0 saturated carbocycles. The Morgan fingerprint density at radius 1 is 1.28 bits per heavy atom. The second-order valence-corrected chi connectivity index (χ2v) is 9.34. The first-order chi connectivity index (χ1) is 15.4. The Hall–Kier alpha value is -2.62. The number of rotatable bonds is 7. The van der Waals surface area contributed by atoms with E-state index in [0.717, 1.165) is 16.2 Å². The van der Waals surface area contributed by atoms with E-state index in [0.29, 0.717) is 60.0 Å². The number of aromatic nitrogens is 4. The van der Waals surface area contributed by atoms with E-state index in [9.17, 15) is 9.90 Å². The number of ketones is 1. The van der Waals surface area contributed by atoms with E-state index in [1.807, 2.05) is 37.3 Å². The number of aliphatic hydroxyl groups excluding tert-OH is 1. The Kier molecular flexibility index (Phi) is 6.98. The van der Waals surface area contributed by atoms with Crippen molar-refractivity contribution in [1.29, 1.82) is 0 Å². The van der Waals surface area contributed by atoms with Crippen molar-refractivity contribution in [3.05, 3.63) is 46.6 Å². The molecule has 1 saturated heterocycles. The Labute approximate surface area is 195 Å². The number of carbonyl (C=O) groups excluding carboxylic acids is 1. The first kappa shape index (κ1) is 22.6. The third-order valence-corrected chi connectivity index (χ3v) is 6.57. The minimum atomic E-state index is -0.287. The van der Waals surface area contributed by atoms with Gasteiger partial charge in [-0.2, -0.15) is 10.1 Å². The molecule has 0 spiro atoms. The van der Waals surface area contributed by atoms with Crippen LogP contribution < -0.4 is 10.2 Å². The maximum Gasteiger partial charge on any atom is 0.228 e. The average Bonchev–Trinajstić information content (AvgIpc) is 3.17. The molecule has 3 heterocycles. The van der Waals surface area contributed by atoms with E-state index in [2.05, 4.69) is 25.4 Å². The summed E-state index contributed by atoms with van der Waals surface area (Å²) in [5.74, 6) is 1.79. The Balaban J connectivity index is 1.64. The molecule has 2 aromatic heterocycles. The number of aryl methyl sites for hydroxylation is 1. The van der Waals surface area contributed by atoms with Crippen LogP contribution in [-0.2, 0) is 11.2 Å². The monoisotopic (exact) mass is 472 g/mol. The highest BCUT2D eigenvalue weighted by Crippen LogP contribution is 2.38. The molecule has 1 aromatic carbocycles. The summed E-state index contributed by atoms with van der Waals surface area (Å²) < 4.78 is 0. The fraction of sp³-hybridized carbons (Fsp3) is 0.364. The maximum atomic E-state index is 11.4. The summed E-state index contributed by atoms with van der Waals surface area (Å²) in [5, 5.41) is 21.2. The van der Waals surface area contributed by atoms with E-state index < -0.39 is 0 Å². The predicted molar refractivity (Wildman–Crippen MR) is 126 cm³/mol. The lowest BCUT2D eigenvalue weighted by Crippen LogP contribution is -2.37.